The average Bonchev–Trinajstić information content (AvgIpc) is 3.09. The van der Waals surface area contributed by atoms with Crippen LogP contribution >= 0.6 is 22.7 Å². The van der Waals surface area contributed by atoms with Gasteiger partial charge in [0.1, 0.15) is 0 Å². The van der Waals surface area contributed by atoms with E-state index in [-0.39, 0.29) is 0 Å². The van der Waals surface area contributed by atoms with Gasteiger partial charge in [-0.05, 0) is 23.6 Å². The first kappa shape index (κ1) is 11.4. The normalized spacial score (nSPS) is 10.4. The largest absolute Gasteiger partial charge is 0.298 e. The predicted octanol–water partition coefficient (Wildman–Crippen LogP) is 4.96. The van der Waals surface area contributed by atoms with E-state index < -0.39 is 0 Å². The summed E-state index contributed by atoms with van der Waals surface area (Å²) in [6, 6.07) is 16.1. The van der Waals surface area contributed by atoms with E-state index in [9.17, 15) is 4.79 Å². The maximum Gasteiger partial charge on any atom is 0.150 e. The summed E-state index contributed by atoms with van der Waals surface area (Å²) >= 11 is 3.46. The second-order valence-corrected chi connectivity index (χ2v) is 5.88. The molecule has 0 aliphatic heterocycles. The van der Waals surface area contributed by atoms with Crippen LogP contribution in [0.4, 0.5) is 0 Å². The molecule has 88 valence electrons. The van der Waals surface area contributed by atoms with Crippen molar-refractivity contribution in [1.82, 2.24) is 0 Å². The quantitative estimate of drug-likeness (QED) is 0.615. The standard InChI is InChI=1S/C15H10OS2/c16-10-11-4-1-2-5-12(11)13-7-8-15(18-13)14-6-3-9-17-14/h1-10H. The number of benzene rings is 1. The topological polar surface area (TPSA) is 17.1 Å². The SMILES string of the molecule is O=Cc1ccccc1-c1ccc(-c2cccs2)s1. The number of carbonyl (C=O) groups excluding carboxylic acids is 1. The first-order chi connectivity index (χ1) is 8.88. The maximum absolute atomic E-state index is 11.0. The molecule has 0 radical (unpaired) electrons. The van der Waals surface area contributed by atoms with Crippen LogP contribution in [0.25, 0.3) is 20.2 Å². The van der Waals surface area contributed by atoms with Gasteiger partial charge in [0.2, 0.25) is 0 Å². The third-order valence-electron chi connectivity index (χ3n) is 2.72. The summed E-state index contributed by atoms with van der Waals surface area (Å²) in [6.45, 7) is 0. The molecule has 2 aromatic heterocycles. The molecule has 3 aromatic rings. The Labute approximate surface area is 113 Å². The summed E-state index contributed by atoms with van der Waals surface area (Å²) in [5, 5.41) is 2.08. The Bertz CT molecular complexity index is 665. The van der Waals surface area contributed by atoms with Crippen molar-refractivity contribution in [3.05, 3.63) is 59.5 Å². The Morgan fingerprint density at radius 3 is 2.44 bits per heavy atom. The number of hydrogen-bond acceptors (Lipinski definition) is 3. The molecule has 3 heteroatoms. The van der Waals surface area contributed by atoms with E-state index in [0.29, 0.717) is 0 Å². The summed E-state index contributed by atoms with van der Waals surface area (Å²) in [5.74, 6) is 0. The lowest BCUT2D eigenvalue weighted by atomic mass is 10.1. The van der Waals surface area contributed by atoms with Crippen molar-refractivity contribution in [1.29, 1.82) is 0 Å². The van der Waals surface area contributed by atoms with Crippen molar-refractivity contribution in [2.75, 3.05) is 0 Å². The zero-order valence-electron chi connectivity index (χ0n) is 9.50. The molecule has 0 aliphatic rings. The lowest BCUT2D eigenvalue weighted by Gasteiger charge is -2.00. The third-order valence-corrected chi connectivity index (χ3v) is 4.91. The van der Waals surface area contributed by atoms with Crippen molar-refractivity contribution in [2.45, 2.75) is 0 Å². The molecule has 0 atom stereocenters. The Balaban J connectivity index is 2.06. The molecule has 0 amide bonds. The minimum Gasteiger partial charge on any atom is -0.298 e. The van der Waals surface area contributed by atoms with Crippen LogP contribution in [-0.2, 0) is 0 Å². The van der Waals surface area contributed by atoms with Gasteiger partial charge < -0.3 is 0 Å². The fraction of sp³-hybridized carbons (Fsp3) is 0. The van der Waals surface area contributed by atoms with Crippen LogP contribution in [-0.4, -0.2) is 6.29 Å². The van der Waals surface area contributed by atoms with Crippen LogP contribution in [0, 0.1) is 0 Å². The lowest BCUT2D eigenvalue weighted by Crippen LogP contribution is -1.83. The molecule has 0 unspecified atom stereocenters. The monoisotopic (exact) mass is 270 g/mol. The van der Waals surface area contributed by atoms with Gasteiger partial charge in [-0.25, -0.2) is 0 Å². The highest BCUT2D eigenvalue weighted by Gasteiger charge is 2.08. The summed E-state index contributed by atoms with van der Waals surface area (Å²) < 4.78 is 0. The van der Waals surface area contributed by atoms with Crippen molar-refractivity contribution in [3.8, 4) is 20.2 Å². The van der Waals surface area contributed by atoms with Gasteiger partial charge in [0.25, 0.3) is 0 Å². The predicted molar refractivity (Wildman–Crippen MR) is 78.5 cm³/mol. The van der Waals surface area contributed by atoms with Crippen LogP contribution in [0.5, 0.6) is 0 Å². The smallest absolute Gasteiger partial charge is 0.150 e. The number of rotatable bonds is 3. The number of aldehydes is 1. The van der Waals surface area contributed by atoms with Crippen molar-refractivity contribution < 1.29 is 4.79 Å². The number of carbonyl (C=O) groups is 1. The van der Waals surface area contributed by atoms with Gasteiger partial charge in [-0.1, -0.05) is 30.3 Å². The molecule has 1 aromatic carbocycles. The van der Waals surface area contributed by atoms with E-state index in [1.807, 2.05) is 24.3 Å². The van der Waals surface area contributed by atoms with E-state index in [0.717, 1.165) is 22.3 Å². The fourth-order valence-electron chi connectivity index (χ4n) is 1.86. The van der Waals surface area contributed by atoms with Crippen LogP contribution in [0.3, 0.4) is 0 Å². The molecule has 18 heavy (non-hydrogen) atoms. The van der Waals surface area contributed by atoms with E-state index in [1.165, 1.54) is 9.75 Å². The van der Waals surface area contributed by atoms with Gasteiger partial charge in [0.05, 0.1) is 0 Å². The van der Waals surface area contributed by atoms with Gasteiger partial charge in [-0.15, -0.1) is 22.7 Å². The molecule has 0 aliphatic carbocycles. The fourth-order valence-corrected chi connectivity index (χ4v) is 3.75. The van der Waals surface area contributed by atoms with Crippen molar-refractivity contribution in [3.63, 3.8) is 0 Å². The summed E-state index contributed by atoms with van der Waals surface area (Å²) in [6.07, 6.45) is 0.917. The summed E-state index contributed by atoms with van der Waals surface area (Å²) in [5.41, 5.74) is 1.76. The van der Waals surface area contributed by atoms with Gasteiger partial charge >= 0.3 is 0 Å². The van der Waals surface area contributed by atoms with Crippen LogP contribution in [0.1, 0.15) is 10.4 Å². The molecular formula is C15H10OS2. The molecule has 0 bridgehead atoms. The third kappa shape index (κ3) is 2.03. The van der Waals surface area contributed by atoms with Crippen LogP contribution in [0.2, 0.25) is 0 Å². The van der Waals surface area contributed by atoms with Gasteiger partial charge in [0.15, 0.2) is 6.29 Å². The highest BCUT2D eigenvalue weighted by atomic mass is 32.1. The maximum atomic E-state index is 11.0. The van der Waals surface area contributed by atoms with E-state index in [1.54, 1.807) is 22.7 Å². The number of thiophene rings is 2. The average molecular weight is 270 g/mol. The van der Waals surface area contributed by atoms with Crippen LogP contribution in [0.15, 0.2) is 53.9 Å². The van der Waals surface area contributed by atoms with Gasteiger partial charge in [-0.3, -0.25) is 4.79 Å². The summed E-state index contributed by atoms with van der Waals surface area (Å²) in [4.78, 5) is 14.7. The molecule has 2 heterocycles. The summed E-state index contributed by atoms with van der Waals surface area (Å²) in [7, 11) is 0. The number of hydrogen-bond donors (Lipinski definition) is 0. The molecule has 0 spiro atoms. The Hall–Kier alpha value is -1.71. The molecule has 0 fully saturated rings. The Morgan fingerprint density at radius 1 is 0.833 bits per heavy atom. The van der Waals surface area contributed by atoms with Gasteiger partial charge in [0, 0.05) is 25.8 Å². The molecule has 3 rings (SSSR count). The Kier molecular flexibility index (Phi) is 3.09. The zero-order valence-corrected chi connectivity index (χ0v) is 11.1. The minimum atomic E-state index is 0.747. The molecule has 1 nitrogen and oxygen atoms in total. The first-order valence-electron chi connectivity index (χ1n) is 5.57. The zero-order chi connectivity index (χ0) is 12.4. The molecule has 0 saturated heterocycles. The highest BCUT2D eigenvalue weighted by Crippen LogP contribution is 2.37. The van der Waals surface area contributed by atoms with Gasteiger partial charge in [-0.2, -0.15) is 0 Å². The Morgan fingerprint density at radius 2 is 1.67 bits per heavy atom. The first-order valence-corrected chi connectivity index (χ1v) is 7.26. The molecule has 0 saturated carbocycles. The second kappa shape index (κ2) is 4.88. The highest BCUT2D eigenvalue weighted by molar-refractivity contribution is 7.23. The minimum absolute atomic E-state index is 0.747. The lowest BCUT2D eigenvalue weighted by molar-refractivity contribution is 0.112. The van der Waals surface area contributed by atoms with E-state index >= 15 is 0 Å². The van der Waals surface area contributed by atoms with E-state index in [2.05, 4.69) is 29.6 Å². The van der Waals surface area contributed by atoms with E-state index in [4.69, 9.17) is 0 Å². The molecule has 0 N–H and O–H groups in total. The van der Waals surface area contributed by atoms with Crippen LogP contribution < -0.4 is 0 Å². The van der Waals surface area contributed by atoms with Crippen molar-refractivity contribution in [2.24, 2.45) is 0 Å². The second-order valence-electron chi connectivity index (χ2n) is 3.85. The van der Waals surface area contributed by atoms with Crippen molar-refractivity contribution >= 4 is 29.0 Å². The molecular weight excluding hydrogens is 260 g/mol.